The van der Waals surface area contributed by atoms with Crippen LogP contribution in [-0.2, 0) is 4.79 Å². The minimum absolute atomic E-state index is 0.0221. The molecule has 1 atom stereocenters. The summed E-state index contributed by atoms with van der Waals surface area (Å²) in [6.07, 6.45) is 0.240. The molecule has 1 aliphatic heterocycles. The highest BCUT2D eigenvalue weighted by Crippen LogP contribution is 2.18. The van der Waals surface area contributed by atoms with E-state index in [-0.39, 0.29) is 12.1 Å². The average molecular weight is 178 g/mol. The molecule has 0 radical (unpaired) electrons. The molecule has 1 heterocycles. The second kappa shape index (κ2) is 2.97. The molecule has 0 aromatic heterocycles. The molecular formula is C9H10N2O2. The Hall–Kier alpha value is -1.71. The molecule has 1 saturated heterocycles. The number of nitrogens with one attached hydrogen (secondary N) is 1. The Kier molecular flexibility index (Phi) is 1.81. The van der Waals surface area contributed by atoms with E-state index in [0.29, 0.717) is 17.9 Å². The van der Waals surface area contributed by atoms with Crippen LogP contribution in [0.15, 0.2) is 24.3 Å². The maximum Gasteiger partial charge on any atom is 0.228 e. The van der Waals surface area contributed by atoms with Crippen LogP contribution in [0.5, 0.6) is 5.75 Å². The van der Waals surface area contributed by atoms with Gasteiger partial charge in [-0.3, -0.25) is 4.79 Å². The molecule has 0 spiro atoms. The van der Waals surface area contributed by atoms with Crippen LogP contribution in [0, 0.1) is 0 Å². The van der Waals surface area contributed by atoms with Crippen LogP contribution in [0.1, 0.15) is 6.42 Å². The van der Waals surface area contributed by atoms with Crippen LogP contribution in [0.2, 0.25) is 0 Å². The zero-order valence-corrected chi connectivity index (χ0v) is 6.99. The molecule has 4 nitrogen and oxygen atoms in total. The number of amides is 1. The van der Waals surface area contributed by atoms with Gasteiger partial charge >= 0.3 is 0 Å². The molecule has 3 N–H and O–H groups in total. The lowest BCUT2D eigenvalue weighted by molar-refractivity contribution is -0.134. The predicted octanol–water partition coefficient (Wildman–Crippen LogP) is 0.494. The minimum atomic E-state index is -0.186. The molecule has 68 valence electrons. The highest BCUT2D eigenvalue weighted by molar-refractivity contribution is 5.82. The minimum Gasteiger partial charge on any atom is -0.470 e. The molecule has 1 amide bonds. The standard InChI is InChI=1S/C9H10N2O2/c10-6-2-1-3-7(4-6)13-9-5-8(12)11-9/h1-4,9H,5,10H2,(H,11,12)/t9-/m0/s1. The van der Waals surface area contributed by atoms with Crippen molar-refractivity contribution < 1.29 is 9.53 Å². The number of β-lactam (4-membered cyclic amide) rings is 1. The second-order valence-electron chi connectivity index (χ2n) is 2.95. The summed E-state index contributed by atoms with van der Waals surface area (Å²) >= 11 is 0. The van der Waals surface area contributed by atoms with Gasteiger partial charge in [0.15, 0.2) is 6.23 Å². The van der Waals surface area contributed by atoms with Crippen molar-refractivity contribution in [1.82, 2.24) is 5.32 Å². The first-order valence-electron chi connectivity index (χ1n) is 4.05. The number of carbonyl (C=O) groups excluding carboxylic acids is 1. The van der Waals surface area contributed by atoms with E-state index in [1.54, 1.807) is 18.2 Å². The summed E-state index contributed by atoms with van der Waals surface area (Å²) < 4.78 is 5.39. The molecule has 0 bridgehead atoms. The molecule has 1 aromatic rings. The molecule has 0 aliphatic carbocycles. The third kappa shape index (κ3) is 1.72. The first kappa shape index (κ1) is 7.91. The highest BCUT2D eigenvalue weighted by atomic mass is 16.5. The summed E-state index contributed by atoms with van der Waals surface area (Å²) in [7, 11) is 0. The van der Waals surface area contributed by atoms with E-state index < -0.39 is 0 Å². The maximum absolute atomic E-state index is 10.6. The van der Waals surface area contributed by atoms with Crippen LogP contribution in [0.3, 0.4) is 0 Å². The third-order valence-corrected chi connectivity index (χ3v) is 1.83. The summed E-state index contributed by atoms with van der Waals surface area (Å²) in [5.74, 6) is 0.707. The summed E-state index contributed by atoms with van der Waals surface area (Å²) in [5, 5.41) is 2.61. The Morgan fingerprint density at radius 1 is 1.54 bits per heavy atom. The summed E-state index contributed by atoms with van der Waals surface area (Å²) in [5.41, 5.74) is 6.21. The summed E-state index contributed by atoms with van der Waals surface area (Å²) in [6.45, 7) is 0. The van der Waals surface area contributed by atoms with Gasteiger partial charge in [-0.25, -0.2) is 0 Å². The fourth-order valence-electron chi connectivity index (χ4n) is 1.15. The van der Waals surface area contributed by atoms with Gasteiger partial charge in [-0.15, -0.1) is 0 Å². The van der Waals surface area contributed by atoms with Crippen molar-refractivity contribution in [2.75, 3.05) is 5.73 Å². The van der Waals surface area contributed by atoms with E-state index in [2.05, 4.69) is 5.32 Å². The van der Waals surface area contributed by atoms with E-state index in [9.17, 15) is 4.79 Å². The van der Waals surface area contributed by atoms with Gasteiger partial charge in [-0.2, -0.15) is 0 Å². The van der Waals surface area contributed by atoms with E-state index >= 15 is 0 Å². The van der Waals surface area contributed by atoms with Crippen molar-refractivity contribution in [2.45, 2.75) is 12.6 Å². The molecule has 1 fully saturated rings. The average Bonchev–Trinajstić information content (AvgIpc) is 2.01. The fourth-order valence-corrected chi connectivity index (χ4v) is 1.15. The molecule has 0 saturated carbocycles. The summed E-state index contributed by atoms with van der Waals surface area (Å²) in [4.78, 5) is 10.6. The van der Waals surface area contributed by atoms with E-state index in [4.69, 9.17) is 10.5 Å². The monoisotopic (exact) mass is 178 g/mol. The van der Waals surface area contributed by atoms with Gasteiger partial charge < -0.3 is 15.8 Å². The van der Waals surface area contributed by atoms with E-state index in [1.807, 2.05) is 6.07 Å². The first-order valence-corrected chi connectivity index (χ1v) is 4.05. The van der Waals surface area contributed by atoms with Crippen molar-refractivity contribution in [2.24, 2.45) is 0 Å². The number of ether oxygens (including phenoxy) is 1. The van der Waals surface area contributed by atoms with E-state index in [0.717, 1.165) is 0 Å². The smallest absolute Gasteiger partial charge is 0.228 e. The van der Waals surface area contributed by atoms with Gasteiger partial charge in [0.05, 0.1) is 6.42 Å². The first-order chi connectivity index (χ1) is 6.24. The summed E-state index contributed by atoms with van der Waals surface area (Å²) in [6, 6.07) is 7.13. The normalized spacial score (nSPS) is 20.3. The number of hydrogen-bond acceptors (Lipinski definition) is 3. The van der Waals surface area contributed by atoms with Gasteiger partial charge in [0.2, 0.25) is 5.91 Å². The molecule has 0 unspecified atom stereocenters. The topological polar surface area (TPSA) is 64.3 Å². The zero-order valence-electron chi connectivity index (χ0n) is 6.99. The molecule has 13 heavy (non-hydrogen) atoms. The van der Waals surface area contributed by atoms with Crippen LogP contribution in [0.25, 0.3) is 0 Å². The van der Waals surface area contributed by atoms with Gasteiger partial charge in [-0.1, -0.05) is 6.07 Å². The van der Waals surface area contributed by atoms with Gasteiger partial charge in [-0.05, 0) is 12.1 Å². The SMILES string of the molecule is Nc1cccc(O[C@H]2CC(=O)N2)c1. The number of hydrogen-bond donors (Lipinski definition) is 2. The van der Waals surface area contributed by atoms with Gasteiger partial charge in [0, 0.05) is 11.8 Å². The molecule has 4 heteroatoms. The molecule has 2 rings (SSSR count). The molecular weight excluding hydrogens is 168 g/mol. The predicted molar refractivity (Wildman–Crippen MR) is 48.0 cm³/mol. The lowest BCUT2D eigenvalue weighted by Gasteiger charge is -2.27. The quantitative estimate of drug-likeness (QED) is 0.511. The van der Waals surface area contributed by atoms with Crippen LogP contribution in [-0.4, -0.2) is 12.1 Å². The van der Waals surface area contributed by atoms with Crippen molar-refractivity contribution in [3.63, 3.8) is 0 Å². The number of nitrogen functional groups attached to an aromatic ring is 1. The maximum atomic E-state index is 10.6. The van der Waals surface area contributed by atoms with Crippen LogP contribution < -0.4 is 15.8 Å². The molecule has 1 aromatic carbocycles. The Morgan fingerprint density at radius 3 is 2.92 bits per heavy atom. The Balaban J connectivity index is 1.98. The van der Waals surface area contributed by atoms with Crippen molar-refractivity contribution >= 4 is 11.6 Å². The van der Waals surface area contributed by atoms with Crippen molar-refractivity contribution in [3.8, 4) is 5.75 Å². The van der Waals surface area contributed by atoms with Crippen LogP contribution in [0.4, 0.5) is 5.69 Å². The van der Waals surface area contributed by atoms with Gasteiger partial charge in [0.25, 0.3) is 0 Å². The lowest BCUT2D eigenvalue weighted by atomic mass is 10.2. The fraction of sp³-hybridized carbons (Fsp3) is 0.222. The Labute approximate surface area is 75.7 Å². The van der Waals surface area contributed by atoms with Crippen molar-refractivity contribution in [3.05, 3.63) is 24.3 Å². The number of rotatable bonds is 2. The van der Waals surface area contributed by atoms with E-state index in [1.165, 1.54) is 0 Å². The largest absolute Gasteiger partial charge is 0.470 e. The molecule has 1 aliphatic rings. The third-order valence-electron chi connectivity index (χ3n) is 1.83. The zero-order chi connectivity index (χ0) is 9.26. The highest BCUT2D eigenvalue weighted by Gasteiger charge is 2.26. The Bertz CT molecular complexity index is 330. The van der Waals surface area contributed by atoms with Crippen molar-refractivity contribution in [1.29, 1.82) is 0 Å². The second-order valence-corrected chi connectivity index (χ2v) is 2.95. The van der Waals surface area contributed by atoms with Gasteiger partial charge in [0.1, 0.15) is 5.75 Å². The number of carbonyl (C=O) groups is 1. The Morgan fingerprint density at radius 2 is 2.31 bits per heavy atom. The number of anilines is 1. The van der Waals surface area contributed by atoms with Crippen LogP contribution >= 0.6 is 0 Å². The number of nitrogens with two attached hydrogens (primary N) is 1. The number of benzene rings is 1. The lowest BCUT2D eigenvalue weighted by Crippen LogP contribution is -2.51.